The van der Waals surface area contributed by atoms with Gasteiger partial charge in [-0.25, -0.2) is 0 Å². The van der Waals surface area contributed by atoms with Gasteiger partial charge in [0.05, 0.1) is 5.39 Å². The highest BCUT2D eigenvalue weighted by atomic mass is 16.3. The first-order valence-electron chi connectivity index (χ1n) is 7.65. The third kappa shape index (κ3) is 2.42. The Balaban J connectivity index is 2.40. The van der Waals surface area contributed by atoms with E-state index in [0.29, 0.717) is 22.3 Å². The Morgan fingerprint density at radius 3 is 2.09 bits per heavy atom. The molecular formula is C20H20O3. The van der Waals surface area contributed by atoms with Gasteiger partial charge in [0, 0.05) is 11.1 Å². The average Bonchev–Trinajstić information content (AvgIpc) is 2.47. The first-order chi connectivity index (χ1) is 10.8. The molecule has 23 heavy (non-hydrogen) atoms. The van der Waals surface area contributed by atoms with E-state index in [1.54, 1.807) is 6.92 Å². The molecule has 1 N–H and O–H groups in total. The number of benzene rings is 2. The lowest BCUT2D eigenvalue weighted by molar-refractivity contribution is 0.467. The van der Waals surface area contributed by atoms with Gasteiger partial charge in [0.25, 0.3) is 0 Å². The summed E-state index contributed by atoms with van der Waals surface area (Å²) >= 11 is 0. The van der Waals surface area contributed by atoms with E-state index in [-0.39, 0.29) is 11.2 Å². The summed E-state index contributed by atoms with van der Waals surface area (Å²) in [5.41, 5.74) is 5.54. The predicted octanol–water partition coefficient (Wildman–Crippen LogP) is 4.71. The summed E-state index contributed by atoms with van der Waals surface area (Å²) in [5.74, 6) is 0.847. The molecule has 0 spiro atoms. The molecule has 2 aromatic carbocycles. The minimum absolute atomic E-state index is 0.00197. The second kappa shape index (κ2) is 5.27. The van der Waals surface area contributed by atoms with E-state index in [0.717, 1.165) is 27.8 Å². The molecule has 0 amide bonds. The van der Waals surface area contributed by atoms with Crippen molar-refractivity contribution in [1.82, 2.24) is 0 Å². The molecule has 3 heteroatoms. The van der Waals surface area contributed by atoms with Crippen LogP contribution in [-0.4, -0.2) is 5.11 Å². The van der Waals surface area contributed by atoms with E-state index in [1.807, 2.05) is 52.0 Å². The number of phenols is 1. The fourth-order valence-corrected chi connectivity index (χ4v) is 3.14. The lowest BCUT2D eigenvalue weighted by atomic mass is 9.99. The molecule has 1 aromatic heterocycles. The SMILES string of the molecule is Cc1cc(C)c2c(=O)c(C)c(-c3cc(C)c(O)c(C)c3)oc2c1. The lowest BCUT2D eigenvalue weighted by Crippen LogP contribution is -2.09. The van der Waals surface area contributed by atoms with Gasteiger partial charge in [-0.3, -0.25) is 4.79 Å². The summed E-state index contributed by atoms with van der Waals surface area (Å²) in [6.45, 7) is 9.39. The number of aryl methyl sites for hydroxylation is 4. The lowest BCUT2D eigenvalue weighted by Gasteiger charge is -2.12. The Labute approximate surface area is 135 Å². The number of phenolic OH excluding ortho intramolecular Hbond substituents is 1. The Morgan fingerprint density at radius 1 is 0.870 bits per heavy atom. The van der Waals surface area contributed by atoms with Crippen LogP contribution in [0.4, 0.5) is 0 Å². The summed E-state index contributed by atoms with van der Waals surface area (Å²) in [6, 6.07) is 7.59. The molecule has 0 aliphatic carbocycles. The van der Waals surface area contributed by atoms with Crippen LogP contribution in [0.15, 0.2) is 33.5 Å². The van der Waals surface area contributed by atoms with Crippen LogP contribution in [0.3, 0.4) is 0 Å². The summed E-state index contributed by atoms with van der Waals surface area (Å²) < 4.78 is 6.09. The van der Waals surface area contributed by atoms with Crippen LogP contribution in [0.1, 0.15) is 27.8 Å². The maximum Gasteiger partial charge on any atom is 0.196 e. The van der Waals surface area contributed by atoms with Crippen LogP contribution in [0.5, 0.6) is 5.75 Å². The Morgan fingerprint density at radius 2 is 1.48 bits per heavy atom. The van der Waals surface area contributed by atoms with Crippen molar-refractivity contribution in [3.8, 4) is 17.1 Å². The van der Waals surface area contributed by atoms with Crippen LogP contribution in [0, 0.1) is 34.6 Å². The Kier molecular flexibility index (Phi) is 3.52. The van der Waals surface area contributed by atoms with Gasteiger partial charge in [0.1, 0.15) is 17.1 Å². The van der Waals surface area contributed by atoms with Crippen molar-refractivity contribution in [1.29, 1.82) is 0 Å². The van der Waals surface area contributed by atoms with Crippen molar-refractivity contribution < 1.29 is 9.52 Å². The average molecular weight is 308 g/mol. The van der Waals surface area contributed by atoms with E-state index in [9.17, 15) is 9.90 Å². The van der Waals surface area contributed by atoms with Gasteiger partial charge in [-0.15, -0.1) is 0 Å². The maximum absolute atomic E-state index is 12.8. The van der Waals surface area contributed by atoms with E-state index < -0.39 is 0 Å². The molecule has 0 radical (unpaired) electrons. The van der Waals surface area contributed by atoms with Crippen molar-refractivity contribution in [3.05, 3.63) is 62.3 Å². The summed E-state index contributed by atoms with van der Waals surface area (Å²) in [7, 11) is 0. The number of hydrogen-bond acceptors (Lipinski definition) is 3. The van der Waals surface area contributed by atoms with Gasteiger partial charge in [-0.1, -0.05) is 6.07 Å². The maximum atomic E-state index is 12.8. The molecule has 0 bridgehead atoms. The number of hydrogen-bond donors (Lipinski definition) is 1. The smallest absolute Gasteiger partial charge is 0.196 e. The molecular weight excluding hydrogens is 288 g/mol. The van der Waals surface area contributed by atoms with E-state index >= 15 is 0 Å². The molecule has 3 rings (SSSR count). The third-order valence-corrected chi connectivity index (χ3v) is 4.32. The van der Waals surface area contributed by atoms with E-state index in [4.69, 9.17) is 4.42 Å². The molecule has 0 saturated carbocycles. The topological polar surface area (TPSA) is 50.4 Å². The van der Waals surface area contributed by atoms with E-state index in [2.05, 4.69) is 0 Å². The zero-order valence-corrected chi connectivity index (χ0v) is 14.1. The molecule has 118 valence electrons. The highest BCUT2D eigenvalue weighted by Gasteiger charge is 2.16. The van der Waals surface area contributed by atoms with Gasteiger partial charge < -0.3 is 9.52 Å². The first kappa shape index (κ1) is 15.3. The number of fused-ring (bicyclic) bond motifs is 1. The molecule has 0 saturated heterocycles. The molecule has 0 fully saturated rings. The van der Waals surface area contributed by atoms with Gasteiger partial charge in [0.2, 0.25) is 0 Å². The Hall–Kier alpha value is -2.55. The van der Waals surface area contributed by atoms with Crippen LogP contribution in [0.2, 0.25) is 0 Å². The standard InChI is InChI=1S/C20H20O3/c1-10-6-11(2)17-16(7-10)23-20(14(5)19(17)22)15-8-12(3)18(21)13(4)9-15/h6-9,21H,1-5H3. The van der Waals surface area contributed by atoms with Crippen LogP contribution >= 0.6 is 0 Å². The predicted molar refractivity (Wildman–Crippen MR) is 93.3 cm³/mol. The normalized spacial score (nSPS) is 11.2. The molecule has 1 heterocycles. The van der Waals surface area contributed by atoms with Crippen molar-refractivity contribution in [2.45, 2.75) is 34.6 Å². The van der Waals surface area contributed by atoms with Crippen LogP contribution in [-0.2, 0) is 0 Å². The molecule has 0 atom stereocenters. The fourth-order valence-electron chi connectivity index (χ4n) is 3.14. The van der Waals surface area contributed by atoms with Crippen molar-refractivity contribution in [3.63, 3.8) is 0 Å². The molecule has 3 nitrogen and oxygen atoms in total. The highest BCUT2D eigenvalue weighted by molar-refractivity contribution is 5.84. The molecule has 0 aliphatic heterocycles. The molecule has 3 aromatic rings. The zero-order chi connectivity index (χ0) is 16.9. The minimum Gasteiger partial charge on any atom is -0.507 e. The second-order valence-electron chi connectivity index (χ2n) is 6.30. The summed E-state index contributed by atoms with van der Waals surface area (Å²) in [4.78, 5) is 12.8. The highest BCUT2D eigenvalue weighted by Crippen LogP contribution is 2.32. The second-order valence-corrected chi connectivity index (χ2v) is 6.30. The van der Waals surface area contributed by atoms with Gasteiger partial charge in [-0.2, -0.15) is 0 Å². The number of rotatable bonds is 1. The quantitative estimate of drug-likeness (QED) is 0.708. The van der Waals surface area contributed by atoms with Crippen molar-refractivity contribution in [2.24, 2.45) is 0 Å². The van der Waals surface area contributed by atoms with Gasteiger partial charge in [-0.05, 0) is 75.1 Å². The largest absolute Gasteiger partial charge is 0.507 e. The van der Waals surface area contributed by atoms with Crippen molar-refractivity contribution >= 4 is 11.0 Å². The monoisotopic (exact) mass is 308 g/mol. The summed E-state index contributed by atoms with van der Waals surface area (Å²) in [5, 5.41) is 10.6. The van der Waals surface area contributed by atoms with E-state index in [1.165, 1.54) is 0 Å². The Bertz CT molecular complexity index is 971. The van der Waals surface area contributed by atoms with Crippen molar-refractivity contribution in [2.75, 3.05) is 0 Å². The molecule has 0 unspecified atom stereocenters. The van der Waals surface area contributed by atoms with Crippen LogP contribution in [0.25, 0.3) is 22.3 Å². The van der Waals surface area contributed by atoms with Crippen LogP contribution < -0.4 is 5.43 Å². The third-order valence-electron chi connectivity index (χ3n) is 4.32. The minimum atomic E-state index is 0.00197. The fraction of sp³-hybridized carbons (Fsp3) is 0.250. The zero-order valence-electron chi connectivity index (χ0n) is 14.1. The number of aromatic hydroxyl groups is 1. The van der Waals surface area contributed by atoms with Gasteiger partial charge >= 0.3 is 0 Å². The summed E-state index contributed by atoms with van der Waals surface area (Å²) in [6.07, 6.45) is 0. The first-order valence-corrected chi connectivity index (χ1v) is 7.65. The molecule has 0 aliphatic rings. The van der Waals surface area contributed by atoms with Gasteiger partial charge in [0.15, 0.2) is 5.43 Å².